The van der Waals surface area contributed by atoms with Crippen molar-refractivity contribution in [3.8, 4) is 0 Å². The fourth-order valence-corrected chi connectivity index (χ4v) is 6.53. The van der Waals surface area contributed by atoms with E-state index in [0.29, 0.717) is 23.7 Å². The lowest BCUT2D eigenvalue weighted by molar-refractivity contribution is -0.129. The Labute approximate surface area is 190 Å². The number of nitrogens with zero attached hydrogens (tertiary/aromatic N) is 2. The monoisotopic (exact) mass is 467 g/mol. The van der Waals surface area contributed by atoms with Crippen LogP contribution in [-0.4, -0.2) is 28.3 Å². The first-order chi connectivity index (χ1) is 14.3. The molecule has 0 bridgehead atoms. The molecule has 1 N–H and O–H groups in total. The van der Waals surface area contributed by atoms with Gasteiger partial charge in [-0.2, -0.15) is 0 Å². The lowest BCUT2D eigenvalue weighted by Crippen LogP contribution is -2.52. The quantitative estimate of drug-likeness (QED) is 0.535. The minimum atomic E-state index is -0.414. The Morgan fingerprint density at radius 2 is 2.07 bits per heavy atom. The molecule has 162 valence electrons. The summed E-state index contributed by atoms with van der Waals surface area (Å²) in [6.45, 7) is 7.35. The normalized spacial score (nSPS) is 20.2. The number of hydrogen-bond donors (Lipinski definition) is 1. The Kier molecular flexibility index (Phi) is 6.45. The predicted octanol–water partition coefficient (Wildman–Crippen LogP) is 5.93. The van der Waals surface area contributed by atoms with Crippen LogP contribution in [0.2, 0.25) is 5.02 Å². The Bertz CT molecular complexity index is 938. The van der Waals surface area contributed by atoms with E-state index >= 15 is 0 Å². The van der Waals surface area contributed by atoms with E-state index in [4.69, 9.17) is 11.6 Å². The van der Waals surface area contributed by atoms with Crippen molar-refractivity contribution in [1.82, 2.24) is 14.6 Å². The smallest absolute Gasteiger partial charge is 0.226 e. The molecule has 1 aromatic carbocycles. The summed E-state index contributed by atoms with van der Waals surface area (Å²) in [6.07, 6.45) is 4.10. The fraction of sp³-hybridized carbons (Fsp3) is 0.545. The zero-order valence-corrected chi connectivity index (χ0v) is 19.9. The number of thiazole rings is 1. The van der Waals surface area contributed by atoms with E-state index in [1.54, 1.807) is 29.4 Å². The van der Waals surface area contributed by atoms with Crippen LogP contribution >= 0.6 is 34.9 Å². The highest BCUT2D eigenvalue weighted by atomic mass is 35.5. The third-order valence-corrected chi connectivity index (χ3v) is 8.75. The summed E-state index contributed by atoms with van der Waals surface area (Å²) in [7, 11) is 0. The summed E-state index contributed by atoms with van der Waals surface area (Å²) in [5, 5.41) is 7.68. The van der Waals surface area contributed by atoms with Gasteiger partial charge in [0.25, 0.3) is 0 Å². The van der Waals surface area contributed by atoms with E-state index < -0.39 is 6.04 Å². The van der Waals surface area contributed by atoms with Gasteiger partial charge in [-0.3, -0.25) is 4.79 Å². The molecule has 4 rings (SSSR count). The van der Waals surface area contributed by atoms with Crippen LogP contribution < -0.4 is 5.32 Å². The Hall–Kier alpha value is -1.15. The Morgan fingerprint density at radius 3 is 2.70 bits per heavy atom. The molecule has 1 saturated carbocycles. The molecular formula is C22H27ClFN3OS2. The standard InChI is InChI=1S/C22H27ClFN3OS2/c1-13-6-7-16(24)18(19(13)23)20(22(3)8-4-5-9-22)26-21(28)15-10-27(11-15)30-17-12-29-14(2)25-17/h6-7,12,15,20H,4-5,8-11H2,1-3H3,(H,26,28). The van der Waals surface area contributed by atoms with Crippen molar-refractivity contribution in [2.45, 2.75) is 57.5 Å². The van der Waals surface area contributed by atoms with Gasteiger partial charge in [0.05, 0.1) is 22.0 Å². The van der Waals surface area contributed by atoms with Crippen LogP contribution in [0.25, 0.3) is 0 Å². The number of amides is 1. The minimum absolute atomic E-state index is 0.0172. The van der Waals surface area contributed by atoms with E-state index in [-0.39, 0.29) is 23.1 Å². The zero-order chi connectivity index (χ0) is 21.5. The molecule has 2 fully saturated rings. The maximum Gasteiger partial charge on any atom is 0.226 e. The maximum atomic E-state index is 14.9. The van der Waals surface area contributed by atoms with Crippen molar-refractivity contribution in [1.29, 1.82) is 0 Å². The second-order valence-electron chi connectivity index (χ2n) is 8.73. The first-order valence-corrected chi connectivity index (χ1v) is 12.4. The zero-order valence-electron chi connectivity index (χ0n) is 17.5. The van der Waals surface area contributed by atoms with Crippen molar-refractivity contribution >= 4 is 40.8 Å². The molecule has 1 saturated heterocycles. The number of nitrogens with one attached hydrogen (secondary N) is 1. The van der Waals surface area contributed by atoms with Crippen LogP contribution in [0.4, 0.5) is 4.39 Å². The number of aryl methyl sites for hydroxylation is 2. The van der Waals surface area contributed by atoms with Crippen molar-refractivity contribution in [2.75, 3.05) is 13.1 Å². The van der Waals surface area contributed by atoms with Gasteiger partial charge in [-0.05, 0) is 55.7 Å². The van der Waals surface area contributed by atoms with Gasteiger partial charge in [-0.1, -0.05) is 37.4 Å². The van der Waals surface area contributed by atoms with Crippen molar-refractivity contribution in [3.05, 3.63) is 44.5 Å². The van der Waals surface area contributed by atoms with E-state index in [1.165, 1.54) is 6.07 Å². The molecule has 1 unspecified atom stereocenters. The molecular weight excluding hydrogens is 441 g/mol. The number of halogens is 2. The van der Waals surface area contributed by atoms with Gasteiger partial charge in [0.2, 0.25) is 5.91 Å². The largest absolute Gasteiger partial charge is 0.348 e. The Morgan fingerprint density at radius 1 is 1.37 bits per heavy atom. The molecule has 1 aliphatic carbocycles. The number of hydrogen-bond acceptors (Lipinski definition) is 5. The molecule has 1 aliphatic heterocycles. The summed E-state index contributed by atoms with van der Waals surface area (Å²) >= 11 is 9.77. The summed E-state index contributed by atoms with van der Waals surface area (Å²) in [5.41, 5.74) is 1.08. The van der Waals surface area contributed by atoms with Gasteiger partial charge < -0.3 is 5.32 Å². The van der Waals surface area contributed by atoms with Gasteiger partial charge in [-0.25, -0.2) is 13.7 Å². The topological polar surface area (TPSA) is 45.2 Å². The second kappa shape index (κ2) is 8.77. The van der Waals surface area contributed by atoms with E-state index in [0.717, 1.165) is 41.3 Å². The lowest BCUT2D eigenvalue weighted by atomic mass is 9.76. The number of carbonyl (C=O) groups is 1. The minimum Gasteiger partial charge on any atom is -0.348 e. The molecule has 1 atom stereocenters. The third kappa shape index (κ3) is 4.40. The molecule has 1 aromatic heterocycles. The first-order valence-electron chi connectivity index (χ1n) is 10.4. The van der Waals surface area contributed by atoms with Crippen LogP contribution in [0.3, 0.4) is 0 Å². The van der Waals surface area contributed by atoms with Gasteiger partial charge in [0, 0.05) is 24.0 Å². The summed E-state index contributed by atoms with van der Waals surface area (Å²) in [4.78, 5) is 17.6. The number of benzene rings is 1. The van der Waals surface area contributed by atoms with E-state index in [1.807, 2.05) is 19.2 Å². The van der Waals surface area contributed by atoms with Gasteiger partial charge in [0.15, 0.2) is 0 Å². The second-order valence-corrected chi connectivity index (χ2v) is 11.3. The van der Waals surface area contributed by atoms with Crippen LogP contribution in [-0.2, 0) is 4.79 Å². The molecule has 1 amide bonds. The first kappa shape index (κ1) is 22.1. The van der Waals surface area contributed by atoms with Crippen molar-refractivity contribution < 1.29 is 9.18 Å². The van der Waals surface area contributed by atoms with Crippen LogP contribution in [0.1, 0.15) is 54.8 Å². The van der Waals surface area contributed by atoms with Gasteiger partial charge in [0.1, 0.15) is 10.8 Å². The summed E-state index contributed by atoms with van der Waals surface area (Å²) in [6, 6.07) is 2.74. The van der Waals surface area contributed by atoms with E-state index in [2.05, 4.69) is 21.5 Å². The van der Waals surface area contributed by atoms with Crippen LogP contribution in [0.15, 0.2) is 22.5 Å². The van der Waals surface area contributed by atoms with E-state index in [9.17, 15) is 9.18 Å². The molecule has 2 aliphatic rings. The maximum absolute atomic E-state index is 14.9. The van der Waals surface area contributed by atoms with Gasteiger partial charge >= 0.3 is 0 Å². The molecule has 0 spiro atoms. The number of carbonyl (C=O) groups excluding carboxylic acids is 1. The molecule has 0 radical (unpaired) electrons. The number of rotatable bonds is 6. The summed E-state index contributed by atoms with van der Waals surface area (Å²) in [5.74, 6) is -0.457. The molecule has 2 aromatic rings. The average Bonchev–Trinajstić information content (AvgIpc) is 3.29. The fourth-order valence-electron chi connectivity index (χ4n) is 4.47. The predicted molar refractivity (Wildman–Crippen MR) is 121 cm³/mol. The molecule has 8 heteroatoms. The SMILES string of the molecule is Cc1nc(SN2CC(C(=O)NC(c3c(F)ccc(C)c3Cl)C3(C)CCCC3)C2)cs1. The van der Waals surface area contributed by atoms with Crippen LogP contribution in [0, 0.1) is 31.0 Å². The summed E-state index contributed by atoms with van der Waals surface area (Å²) < 4.78 is 17.0. The molecule has 4 nitrogen and oxygen atoms in total. The highest BCUT2D eigenvalue weighted by Crippen LogP contribution is 2.49. The molecule has 2 heterocycles. The third-order valence-electron chi connectivity index (χ3n) is 6.38. The van der Waals surface area contributed by atoms with Crippen molar-refractivity contribution in [3.63, 3.8) is 0 Å². The Balaban J connectivity index is 1.48. The van der Waals surface area contributed by atoms with Crippen LogP contribution in [0.5, 0.6) is 0 Å². The number of aromatic nitrogens is 1. The highest BCUT2D eigenvalue weighted by Gasteiger charge is 2.43. The lowest BCUT2D eigenvalue weighted by Gasteiger charge is -2.40. The highest BCUT2D eigenvalue weighted by molar-refractivity contribution is 7.97. The molecule has 30 heavy (non-hydrogen) atoms. The van der Waals surface area contributed by atoms with Crippen molar-refractivity contribution in [2.24, 2.45) is 11.3 Å². The average molecular weight is 468 g/mol. The van der Waals surface area contributed by atoms with Gasteiger partial charge in [-0.15, -0.1) is 11.3 Å².